The van der Waals surface area contributed by atoms with Crippen molar-refractivity contribution in [2.75, 3.05) is 31.6 Å². The van der Waals surface area contributed by atoms with E-state index < -0.39 is 0 Å². The van der Waals surface area contributed by atoms with Crippen LogP contribution in [-0.4, -0.2) is 48.6 Å². The van der Waals surface area contributed by atoms with Crippen LogP contribution in [0.5, 0.6) is 0 Å². The lowest BCUT2D eigenvalue weighted by atomic mass is 10.0. The van der Waals surface area contributed by atoms with E-state index in [0.29, 0.717) is 6.04 Å². The van der Waals surface area contributed by atoms with Crippen molar-refractivity contribution in [2.45, 2.75) is 32.9 Å². The number of hydrogen-bond donors (Lipinski definition) is 1. The van der Waals surface area contributed by atoms with Gasteiger partial charge in [-0.05, 0) is 33.4 Å². The number of nitrogens with zero attached hydrogens (tertiary/aromatic N) is 1. The predicted molar refractivity (Wildman–Crippen MR) is 66.0 cm³/mol. The van der Waals surface area contributed by atoms with Gasteiger partial charge >= 0.3 is 0 Å². The van der Waals surface area contributed by atoms with Crippen LogP contribution in [0.3, 0.4) is 0 Å². The first-order valence-electron chi connectivity index (χ1n) is 5.65. The second-order valence-electron chi connectivity index (χ2n) is 4.44. The van der Waals surface area contributed by atoms with Crippen molar-refractivity contribution in [3.8, 4) is 0 Å². The molecule has 0 amide bonds. The first-order chi connectivity index (χ1) is 6.66. The molecule has 0 aromatic heterocycles. The highest BCUT2D eigenvalue weighted by Crippen LogP contribution is 2.21. The molecule has 1 rings (SSSR count). The maximum Gasteiger partial charge on any atom is 0.0161 e. The average molecular weight is 216 g/mol. The van der Waals surface area contributed by atoms with Gasteiger partial charge in [-0.15, -0.1) is 0 Å². The van der Waals surface area contributed by atoms with E-state index in [4.69, 9.17) is 0 Å². The largest absolute Gasteiger partial charge is 0.319 e. The van der Waals surface area contributed by atoms with Crippen LogP contribution in [0.2, 0.25) is 0 Å². The molecule has 1 saturated heterocycles. The molecule has 1 aliphatic rings. The Hall–Kier alpha value is 0.270. The van der Waals surface area contributed by atoms with E-state index in [9.17, 15) is 0 Å². The highest BCUT2D eigenvalue weighted by Gasteiger charge is 2.26. The van der Waals surface area contributed by atoms with E-state index in [1.807, 2.05) is 7.05 Å². The van der Waals surface area contributed by atoms with Gasteiger partial charge in [0.2, 0.25) is 0 Å². The molecule has 0 aromatic carbocycles. The Bertz CT molecular complexity index is 163. The molecular formula is C11H24N2S. The quantitative estimate of drug-likeness (QED) is 0.769. The van der Waals surface area contributed by atoms with E-state index >= 15 is 0 Å². The molecule has 0 saturated carbocycles. The topological polar surface area (TPSA) is 15.3 Å². The molecule has 0 aromatic rings. The first-order valence-corrected chi connectivity index (χ1v) is 6.80. The summed E-state index contributed by atoms with van der Waals surface area (Å²) in [6.07, 6.45) is 0. The van der Waals surface area contributed by atoms with Crippen LogP contribution in [0.15, 0.2) is 0 Å². The molecule has 1 N–H and O–H groups in total. The lowest BCUT2D eigenvalue weighted by Crippen LogP contribution is -2.49. The van der Waals surface area contributed by atoms with Crippen LogP contribution in [0.25, 0.3) is 0 Å². The molecule has 3 unspecified atom stereocenters. The van der Waals surface area contributed by atoms with E-state index in [0.717, 1.165) is 18.5 Å². The zero-order valence-corrected chi connectivity index (χ0v) is 10.7. The average Bonchev–Trinajstić information content (AvgIpc) is 2.18. The fraction of sp³-hybridized carbons (Fsp3) is 1.00. The van der Waals surface area contributed by atoms with Gasteiger partial charge in [-0.3, -0.25) is 4.90 Å². The van der Waals surface area contributed by atoms with Crippen molar-refractivity contribution in [2.24, 2.45) is 5.92 Å². The van der Waals surface area contributed by atoms with Crippen LogP contribution in [-0.2, 0) is 0 Å². The zero-order chi connectivity index (χ0) is 10.6. The molecule has 3 heteroatoms. The molecule has 1 heterocycles. The number of nitrogens with one attached hydrogen (secondary N) is 1. The van der Waals surface area contributed by atoms with Gasteiger partial charge in [0.05, 0.1) is 0 Å². The van der Waals surface area contributed by atoms with Gasteiger partial charge in [0, 0.05) is 30.1 Å². The maximum atomic E-state index is 3.27. The molecular weight excluding hydrogens is 192 g/mol. The van der Waals surface area contributed by atoms with E-state index in [2.05, 4.69) is 42.7 Å². The maximum absolute atomic E-state index is 3.27. The predicted octanol–water partition coefficient (Wildman–Crippen LogP) is 1.67. The minimum atomic E-state index is 0.707. The minimum Gasteiger partial charge on any atom is -0.319 e. The summed E-state index contributed by atoms with van der Waals surface area (Å²) in [5.41, 5.74) is 0. The van der Waals surface area contributed by atoms with Crippen LogP contribution in [0.4, 0.5) is 0 Å². The summed E-state index contributed by atoms with van der Waals surface area (Å²) in [4.78, 5) is 2.67. The Kier molecular flexibility index (Phi) is 5.28. The smallest absolute Gasteiger partial charge is 0.0161 e. The normalized spacial score (nSPS) is 28.7. The molecule has 14 heavy (non-hydrogen) atoms. The Labute approximate surface area is 92.8 Å². The van der Waals surface area contributed by atoms with Crippen LogP contribution >= 0.6 is 11.8 Å². The van der Waals surface area contributed by atoms with Crippen molar-refractivity contribution in [1.29, 1.82) is 0 Å². The second kappa shape index (κ2) is 5.99. The fourth-order valence-corrected chi connectivity index (χ4v) is 3.20. The molecule has 2 nitrogen and oxygen atoms in total. The van der Waals surface area contributed by atoms with Crippen molar-refractivity contribution in [1.82, 2.24) is 10.2 Å². The first kappa shape index (κ1) is 12.3. The standard InChI is InChI=1S/C11H24N2S/c1-9(7-12-4)11(3)13-5-6-14-8-10(13)2/h9-12H,5-8H2,1-4H3. The van der Waals surface area contributed by atoms with Crippen LogP contribution < -0.4 is 5.32 Å². The van der Waals surface area contributed by atoms with Crippen molar-refractivity contribution in [3.05, 3.63) is 0 Å². The highest BCUT2D eigenvalue weighted by molar-refractivity contribution is 7.99. The lowest BCUT2D eigenvalue weighted by Gasteiger charge is -2.40. The number of rotatable bonds is 4. The summed E-state index contributed by atoms with van der Waals surface area (Å²) < 4.78 is 0. The molecule has 0 aliphatic carbocycles. The van der Waals surface area contributed by atoms with Gasteiger partial charge < -0.3 is 5.32 Å². The summed E-state index contributed by atoms with van der Waals surface area (Å²) in [5.74, 6) is 3.35. The van der Waals surface area contributed by atoms with Gasteiger partial charge in [0.15, 0.2) is 0 Å². The summed E-state index contributed by atoms with van der Waals surface area (Å²) in [6, 6.07) is 1.46. The Morgan fingerprint density at radius 1 is 1.50 bits per heavy atom. The van der Waals surface area contributed by atoms with E-state index in [1.54, 1.807) is 0 Å². The summed E-state index contributed by atoms with van der Waals surface area (Å²) in [5, 5.41) is 3.27. The third-order valence-corrected chi connectivity index (χ3v) is 4.48. The van der Waals surface area contributed by atoms with Gasteiger partial charge in [-0.25, -0.2) is 0 Å². The Balaban J connectivity index is 2.44. The molecule has 1 fully saturated rings. The molecule has 0 spiro atoms. The summed E-state index contributed by atoms with van der Waals surface area (Å²) in [6.45, 7) is 9.46. The van der Waals surface area contributed by atoms with E-state index in [-0.39, 0.29) is 0 Å². The Morgan fingerprint density at radius 3 is 2.79 bits per heavy atom. The summed E-state index contributed by atoms with van der Waals surface area (Å²) in [7, 11) is 2.04. The third-order valence-electron chi connectivity index (χ3n) is 3.29. The van der Waals surface area contributed by atoms with Crippen LogP contribution in [0, 0.1) is 5.92 Å². The fourth-order valence-electron chi connectivity index (χ4n) is 2.16. The minimum absolute atomic E-state index is 0.707. The summed E-state index contributed by atoms with van der Waals surface area (Å²) >= 11 is 2.09. The van der Waals surface area contributed by atoms with E-state index in [1.165, 1.54) is 18.1 Å². The van der Waals surface area contributed by atoms with Crippen molar-refractivity contribution in [3.63, 3.8) is 0 Å². The molecule has 1 aliphatic heterocycles. The van der Waals surface area contributed by atoms with Gasteiger partial charge in [0.25, 0.3) is 0 Å². The third kappa shape index (κ3) is 3.14. The van der Waals surface area contributed by atoms with Crippen LogP contribution in [0.1, 0.15) is 20.8 Å². The molecule has 0 radical (unpaired) electrons. The number of hydrogen-bond acceptors (Lipinski definition) is 3. The molecule has 84 valence electrons. The van der Waals surface area contributed by atoms with Gasteiger partial charge in [-0.2, -0.15) is 11.8 Å². The molecule has 3 atom stereocenters. The monoisotopic (exact) mass is 216 g/mol. The number of thioether (sulfide) groups is 1. The lowest BCUT2D eigenvalue weighted by molar-refractivity contribution is 0.131. The van der Waals surface area contributed by atoms with Crippen molar-refractivity contribution >= 4 is 11.8 Å². The van der Waals surface area contributed by atoms with Gasteiger partial charge in [-0.1, -0.05) is 6.92 Å². The Morgan fingerprint density at radius 2 is 2.21 bits per heavy atom. The zero-order valence-electron chi connectivity index (χ0n) is 9.92. The highest BCUT2D eigenvalue weighted by atomic mass is 32.2. The SMILES string of the molecule is CNCC(C)C(C)N1CCSCC1C. The second-order valence-corrected chi connectivity index (χ2v) is 5.59. The van der Waals surface area contributed by atoms with Gasteiger partial charge in [0.1, 0.15) is 0 Å². The molecule has 0 bridgehead atoms. The van der Waals surface area contributed by atoms with Crippen molar-refractivity contribution < 1.29 is 0 Å².